The second-order valence-electron chi connectivity index (χ2n) is 7.35. The minimum Gasteiger partial charge on any atom is -0.213 e. The van der Waals surface area contributed by atoms with Gasteiger partial charge in [-0.15, -0.1) is 0 Å². The predicted octanol–water partition coefficient (Wildman–Crippen LogP) is 5.21. The van der Waals surface area contributed by atoms with Gasteiger partial charge < -0.3 is 0 Å². The van der Waals surface area contributed by atoms with Gasteiger partial charge in [-0.25, -0.2) is 12.1 Å². The van der Waals surface area contributed by atoms with Gasteiger partial charge in [0.05, 0.1) is 0 Å². The zero-order valence-electron chi connectivity index (χ0n) is 16.8. The molecule has 0 aromatic heterocycles. The van der Waals surface area contributed by atoms with Gasteiger partial charge in [0.2, 0.25) is 0 Å². The van der Waals surface area contributed by atoms with Crippen molar-refractivity contribution in [2.75, 3.05) is 0 Å². The van der Waals surface area contributed by atoms with Crippen molar-refractivity contribution in [3.8, 4) is 0 Å². The SMILES string of the molecule is CCCCCCCCCCCCCCCCCC[c-]1cccc1.[Li+]. The van der Waals surface area contributed by atoms with Crippen molar-refractivity contribution in [1.82, 2.24) is 0 Å². The summed E-state index contributed by atoms with van der Waals surface area (Å²) >= 11 is 0. The zero-order chi connectivity index (χ0) is 16.4. The molecule has 0 radical (unpaired) electrons. The van der Waals surface area contributed by atoms with Gasteiger partial charge in [0.25, 0.3) is 0 Å². The molecule has 0 saturated carbocycles. The van der Waals surface area contributed by atoms with Gasteiger partial charge in [0, 0.05) is 0 Å². The summed E-state index contributed by atoms with van der Waals surface area (Å²) in [6, 6.07) is 8.82. The molecule has 0 amide bonds. The van der Waals surface area contributed by atoms with Crippen molar-refractivity contribution < 1.29 is 18.9 Å². The van der Waals surface area contributed by atoms with Crippen LogP contribution in [0.5, 0.6) is 0 Å². The summed E-state index contributed by atoms with van der Waals surface area (Å²) in [5, 5.41) is 0. The van der Waals surface area contributed by atoms with Gasteiger partial charge in [0.1, 0.15) is 0 Å². The van der Waals surface area contributed by atoms with Gasteiger partial charge >= 0.3 is 18.9 Å². The van der Waals surface area contributed by atoms with Gasteiger partial charge in [-0.3, -0.25) is 0 Å². The fourth-order valence-corrected chi connectivity index (χ4v) is 3.46. The Labute approximate surface area is 164 Å². The number of aryl methyl sites for hydroxylation is 1. The minimum atomic E-state index is 0. The zero-order valence-corrected chi connectivity index (χ0v) is 16.8. The smallest absolute Gasteiger partial charge is 0.213 e. The molecule has 0 unspecified atom stereocenters. The summed E-state index contributed by atoms with van der Waals surface area (Å²) in [7, 11) is 0. The first-order valence-corrected chi connectivity index (χ1v) is 10.6. The van der Waals surface area contributed by atoms with Crippen LogP contribution in [0, 0.1) is 0 Å². The van der Waals surface area contributed by atoms with Gasteiger partial charge in [-0.05, 0) is 0 Å². The monoisotopic (exact) mass is 324 g/mol. The quantitative estimate of drug-likeness (QED) is 0.209. The van der Waals surface area contributed by atoms with Crippen molar-refractivity contribution in [3.63, 3.8) is 0 Å². The minimum absolute atomic E-state index is 0. The van der Waals surface area contributed by atoms with E-state index in [4.69, 9.17) is 0 Å². The van der Waals surface area contributed by atoms with E-state index >= 15 is 0 Å². The molecule has 0 saturated heterocycles. The van der Waals surface area contributed by atoms with E-state index in [9.17, 15) is 0 Å². The second kappa shape index (κ2) is 19.3. The molecule has 24 heavy (non-hydrogen) atoms. The number of hydrogen-bond acceptors (Lipinski definition) is 0. The van der Waals surface area contributed by atoms with Crippen LogP contribution in [0.4, 0.5) is 0 Å². The molecule has 0 spiro atoms. The van der Waals surface area contributed by atoms with Crippen LogP contribution < -0.4 is 18.9 Å². The standard InChI is InChI=1S/C23H41.Li/c1-2-3-4-5-6-7-8-9-10-11-12-13-14-15-16-17-20-23-21-18-19-22-23;/h18-19,21-22H,2-17,20H2,1H3;/q-1;+1. The Balaban J connectivity index is 0.00000529. The fraction of sp³-hybridized carbons (Fsp3) is 0.783. The first-order chi connectivity index (χ1) is 11.4. The molecule has 0 atom stereocenters. The van der Waals surface area contributed by atoms with Crippen LogP contribution in [0.15, 0.2) is 24.3 Å². The van der Waals surface area contributed by atoms with Gasteiger partial charge in [-0.1, -0.05) is 116 Å². The first-order valence-electron chi connectivity index (χ1n) is 10.6. The summed E-state index contributed by atoms with van der Waals surface area (Å²) in [5.74, 6) is 0. The number of rotatable bonds is 17. The van der Waals surface area contributed by atoms with E-state index < -0.39 is 0 Å². The molecule has 0 heterocycles. The maximum atomic E-state index is 2.30. The molecule has 0 bridgehead atoms. The van der Waals surface area contributed by atoms with E-state index in [-0.39, 0.29) is 18.9 Å². The topological polar surface area (TPSA) is 0 Å². The summed E-state index contributed by atoms with van der Waals surface area (Å²) in [5.41, 5.74) is 1.52. The Bertz CT molecular complexity index is 315. The van der Waals surface area contributed by atoms with Gasteiger partial charge in [-0.2, -0.15) is 17.7 Å². The Kier molecular flexibility index (Phi) is 19.2. The van der Waals surface area contributed by atoms with Crippen LogP contribution in [-0.4, -0.2) is 0 Å². The third-order valence-corrected chi connectivity index (χ3v) is 5.05. The average Bonchev–Trinajstić information content (AvgIpc) is 3.08. The van der Waals surface area contributed by atoms with Crippen molar-refractivity contribution in [2.24, 2.45) is 0 Å². The summed E-state index contributed by atoms with van der Waals surface area (Å²) in [6.45, 7) is 2.30. The molecule has 134 valence electrons. The Morgan fingerprint density at radius 2 is 0.833 bits per heavy atom. The molecule has 0 N–H and O–H groups in total. The van der Waals surface area contributed by atoms with E-state index in [0.717, 1.165) is 0 Å². The van der Waals surface area contributed by atoms with E-state index in [1.165, 1.54) is 115 Å². The number of hydrogen-bond donors (Lipinski definition) is 0. The van der Waals surface area contributed by atoms with Crippen LogP contribution in [0.1, 0.15) is 115 Å². The Hall–Kier alpha value is -0.0526. The maximum absolute atomic E-state index is 2.30. The Morgan fingerprint density at radius 1 is 0.500 bits per heavy atom. The molecule has 1 aromatic carbocycles. The van der Waals surface area contributed by atoms with Crippen LogP contribution in [0.2, 0.25) is 0 Å². The molecule has 1 heteroatoms. The second-order valence-corrected chi connectivity index (χ2v) is 7.35. The Morgan fingerprint density at radius 3 is 1.21 bits per heavy atom. The molecule has 1 rings (SSSR count). The predicted molar refractivity (Wildman–Crippen MR) is 105 cm³/mol. The van der Waals surface area contributed by atoms with Crippen molar-refractivity contribution in [2.45, 2.75) is 116 Å². The van der Waals surface area contributed by atoms with Crippen molar-refractivity contribution >= 4 is 0 Å². The van der Waals surface area contributed by atoms with E-state index in [2.05, 4.69) is 31.2 Å². The molecule has 0 nitrogen and oxygen atoms in total. The molecule has 1 aromatic rings. The average molecular weight is 325 g/mol. The van der Waals surface area contributed by atoms with Crippen LogP contribution in [0.3, 0.4) is 0 Å². The van der Waals surface area contributed by atoms with E-state index in [1.807, 2.05) is 0 Å². The van der Waals surface area contributed by atoms with Crippen molar-refractivity contribution in [1.29, 1.82) is 0 Å². The number of unbranched alkanes of at least 4 members (excludes halogenated alkanes) is 15. The molecular formula is C23H41Li. The summed E-state index contributed by atoms with van der Waals surface area (Å²) in [6.07, 6.45) is 24.5. The molecular weight excluding hydrogens is 283 g/mol. The van der Waals surface area contributed by atoms with Crippen LogP contribution in [0.25, 0.3) is 0 Å². The summed E-state index contributed by atoms with van der Waals surface area (Å²) < 4.78 is 0. The summed E-state index contributed by atoms with van der Waals surface area (Å²) in [4.78, 5) is 0. The van der Waals surface area contributed by atoms with Crippen LogP contribution in [-0.2, 0) is 6.42 Å². The van der Waals surface area contributed by atoms with E-state index in [1.54, 1.807) is 0 Å². The van der Waals surface area contributed by atoms with Gasteiger partial charge in [0.15, 0.2) is 0 Å². The molecule has 0 aliphatic heterocycles. The molecule has 0 aliphatic carbocycles. The van der Waals surface area contributed by atoms with Crippen molar-refractivity contribution in [3.05, 3.63) is 29.8 Å². The third kappa shape index (κ3) is 15.5. The molecule has 0 fully saturated rings. The molecule has 0 aliphatic rings. The first kappa shape index (κ1) is 23.9. The maximum Gasteiger partial charge on any atom is 1.00 e. The van der Waals surface area contributed by atoms with Crippen LogP contribution >= 0.6 is 0 Å². The largest absolute Gasteiger partial charge is 1.00 e. The van der Waals surface area contributed by atoms with E-state index in [0.29, 0.717) is 0 Å². The third-order valence-electron chi connectivity index (χ3n) is 5.05. The fourth-order valence-electron chi connectivity index (χ4n) is 3.46. The normalized spacial score (nSPS) is 10.7.